The van der Waals surface area contributed by atoms with E-state index < -0.39 is 5.54 Å². The van der Waals surface area contributed by atoms with E-state index in [4.69, 9.17) is 15.2 Å². The van der Waals surface area contributed by atoms with Crippen molar-refractivity contribution in [3.05, 3.63) is 0 Å². The number of piperidine rings is 1. The molecule has 5 nitrogen and oxygen atoms in total. The maximum absolute atomic E-state index is 11.8. The minimum atomic E-state index is -0.921. The Kier molecular flexibility index (Phi) is 6.23. The van der Waals surface area contributed by atoms with E-state index in [1.165, 1.54) is 0 Å². The molecule has 1 saturated heterocycles. The zero-order valence-electron chi connectivity index (χ0n) is 12.6. The van der Waals surface area contributed by atoms with Crippen LogP contribution in [0.3, 0.4) is 0 Å². The molecule has 1 heterocycles. The Morgan fingerprint density at radius 3 is 2.84 bits per heavy atom. The monoisotopic (exact) mass is 272 g/mol. The standard InChI is InChI=1S/C14H28N2O3/c1-5-19-13(17)14(3,15)9-11(2)16-8-6-7-12(10-16)18-4/h11-12H,5-10,15H2,1-4H3. The van der Waals surface area contributed by atoms with Crippen molar-refractivity contribution in [2.24, 2.45) is 5.73 Å². The third kappa shape index (κ3) is 4.75. The van der Waals surface area contributed by atoms with Crippen LogP contribution in [-0.2, 0) is 14.3 Å². The van der Waals surface area contributed by atoms with Gasteiger partial charge < -0.3 is 15.2 Å². The lowest BCUT2D eigenvalue weighted by molar-refractivity contribution is -0.149. The molecule has 3 unspecified atom stereocenters. The molecule has 0 bridgehead atoms. The molecule has 0 spiro atoms. The number of carbonyl (C=O) groups is 1. The summed E-state index contributed by atoms with van der Waals surface area (Å²) in [6.45, 7) is 7.98. The Labute approximate surface area is 116 Å². The molecule has 1 rings (SSSR count). The first-order chi connectivity index (χ1) is 8.90. The van der Waals surface area contributed by atoms with Crippen molar-refractivity contribution in [1.29, 1.82) is 0 Å². The highest BCUT2D eigenvalue weighted by molar-refractivity contribution is 5.80. The van der Waals surface area contributed by atoms with Crippen LogP contribution in [0.25, 0.3) is 0 Å². The van der Waals surface area contributed by atoms with Gasteiger partial charge in [0.25, 0.3) is 0 Å². The van der Waals surface area contributed by atoms with Crippen LogP contribution in [0.15, 0.2) is 0 Å². The number of hydrogen-bond acceptors (Lipinski definition) is 5. The maximum Gasteiger partial charge on any atom is 0.325 e. The number of nitrogens with two attached hydrogens (primary N) is 1. The summed E-state index contributed by atoms with van der Waals surface area (Å²) < 4.78 is 10.5. The largest absolute Gasteiger partial charge is 0.465 e. The smallest absolute Gasteiger partial charge is 0.325 e. The Balaban J connectivity index is 2.53. The molecule has 0 aromatic rings. The quantitative estimate of drug-likeness (QED) is 0.735. The lowest BCUT2D eigenvalue weighted by atomic mass is 9.93. The van der Waals surface area contributed by atoms with Crippen LogP contribution in [0.5, 0.6) is 0 Å². The van der Waals surface area contributed by atoms with Crippen LogP contribution in [0.1, 0.15) is 40.0 Å². The highest BCUT2D eigenvalue weighted by Crippen LogP contribution is 2.20. The van der Waals surface area contributed by atoms with E-state index in [0.29, 0.717) is 19.1 Å². The predicted octanol–water partition coefficient (Wildman–Crippen LogP) is 1.16. The first kappa shape index (κ1) is 16.4. The van der Waals surface area contributed by atoms with Crippen molar-refractivity contribution in [3.63, 3.8) is 0 Å². The van der Waals surface area contributed by atoms with Gasteiger partial charge >= 0.3 is 5.97 Å². The van der Waals surface area contributed by atoms with Gasteiger partial charge in [-0.25, -0.2) is 0 Å². The molecule has 19 heavy (non-hydrogen) atoms. The summed E-state index contributed by atoms with van der Waals surface area (Å²) in [7, 11) is 1.75. The Hall–Kier alpha value is -0.650. The van der Waals surface area contributed by atoms with Gasteiger partial charge in [0.05, 0.1) is 12.7 Å². The van der Waals surface area contributed by atoms with Gasteiger partial charge in [-0.15, -0.1) is 0 Å². The molecule has 0 aromatic heterocycles. The van der Waals surface area contributed by atoms with E-state index in [-0.39, 0.29) is 12.0 Å². The third-order valence-corrected chi connectivity index (χ3v) is 3.83. The number of nitrogens with zero attached hydrogens (tertiary/aromatic N) is 1. The second-order valence-electron chi connectivity index (χ2n) is 5.69. The molecule has 5 heteroatoms. The fraction of sp³-hybridized carbons (Fsp3) is 0.929. The Bertz CT molecular complexity index is 294. The van der Waals surface area contributed by atoms with Crippen LogP contribution >= 0.6 is 0 Å². The average molecular weight is 272 g/mol. The lowest BCUT2D eigenvalue weighted by Crippen LogP contribution is -2.53. The molecule has 1 aliphatic heterocycles. The van der Waals surface area contributed by atoms with Crippen molar-refractivity contribution >= 4 is 5.97 Å². The maximum atomic E-state index is 11.8. The second-order valence-corrected chi connectivity index (χ2v) is 5.69. The van der Waals surface area contributed by atoms with E-state index in [0.717, 1.165) is 25.9 Å². The summed E-state index contributed by atoms with van der Waals surface area (Å²) in [6, 6.07) is 0.248. The number of hydrogen-bond donors (Lipinski definition) is 1. The van der Waals surface area contributed by atoms with Gasteiger partial charge in [-0.3, -0.25) is 9.69 Å². The summed E-state index contributed by atoms with van der Waals surface area (Å²) in [6.07, 6.45) is 3.13. The van der Waals surface area contributed by atoms with Crippen molar-refractivity contribution < 1.29 is 14.3 Å². The van der Waals surface area contributed by atoms with E-state index in [2.05, 4.69) is 11.8 Å². The van der Waals surface area contributed by atoms with E-state index >= 15 is 0 Å². The number of methoxy groups -OCH3 is 1. The average Bonchev–Trinajstić information content (AvgIpc) is 2.38. The van der Waals surface area contributed by atoms with E-state index in [1.807, 2.05) is 0 Å². The number of ether oxygens (including phenoxy) is 2. The molecule has 0 radical (unpaired) electrons. The van der Waals surface area contributed by atoms with Gasteiger partial charge in [0.1, 0.15) is 5.54 Å². The Morgan fingerprint density at radius 2 is 2.26 bits per heavy atom. The number of esters is 1. The predicted molar refractivity (Wildman–Crippen MR) is 74.9 cm³/mol. The summed E-state index contributed by atoms with van der Waals surface area (Å²) >= 11 is 0. The van der Waals surface area contributed by atoms with Gasteiger partial charge in [-0.05, 0) is 46.6 Å². The van der Waals surface area contributed by atoms with Crippen molar-refractivity contribution in [2.75, 3.05) is 26.8 Å². The zero-order valence-corrected chi connectivity index (χ0v) is 12.6. The topological polar surface area (TPSA) is 64.8 Å². The molecule has 0 saturated carbocycles. The van der Waals surface area contributed by atoms with Crippen LogP contribution in [-0.4, -0.2) is 55.4 Å². The molecule has 1 fully saturated rings. The minimum Gasteiger partial charge on any atom is -0.465 e. The number of rotatable bonds is 6. The van der Waals surface area contributed by atoms with Crippen LogP contribution < -0.4 is 5.73 Å². The number of likely N-dealkylation sites (tertiary alicyclic amines) is 1. The van der Waals surface area contributed by atoms with Gasteiger partial charge in [0.2, 0.25) is 0 Å². The molecule has 1 aliphatic rings. The molecule has 0 aromatic carbocycles. The van der Waals surface area contributed by atoms with Gasteiger partial charge in [0, 0.05) is 19.7 Å². The zero-order chi connectivity index (χ0) is 14.5. The fourth-order valence-electron chi connectivity index (χ4n) is 2.68. The molecule has 2 N–H and O–H groups in total. The fourth-order valence-corrected chi connectivity index (χ4v) is 2.68. The first-order valence-electron chi connectivity index (χ1n) is 7.13. The second kappa shape index (κ2) is 7.22. The molecule has 3 atom stereocenters. The molecular formula is C14H28N2O3. The van der Waals surface area contributed by atoms with Crippen molar-refractivity contribution in [1.82, 2.24) is 4.90 Å². The highest BCUT2D eigenvalue weighted by Gasteiger charge is 2.34. The minimum absolute atomic E-state index is 0.248. The lowest BCUT2D eigenvalue weighted by Gasteiger charge is -2.38. The molecular weight excluding hydrogens is 244 g/mol. The van der Waals surface area contributed by atoms with Crippen LogP contribution in [0.4, 0.5) is 0 Å². The van der Waals surface area contributed by atoms with E-state index in [1.54, 1.807) is 21.0 Å². The summed E-state index contributed by atoms with van der Waals surface area (Å²) in [5.74, 6) is -0.317. The van der Waals surface area contributed by atoms with Crippen LogP contribution in [0.2, 0.25) is 0 Å². The van der Waals surface area contributed by atoms with Gasteiger partial charge in [-0.2, -0.15) is 0 Å². The Morgan fingerprint density at radius 1 is 1.58 bits per heavy atom. The van der Waals surface area contributed by atoms with Crippen LogP contribution in [0, 0.1) is 0 Å². The summed E-state index contributed by atoms with van der Waals surface area (Å²) in [5.41, 5.74) is 5.17. The SMILES string of the molecule is CCOC(=O)C(C)(N)CC(C)N1CCCC(OC)C1. The third-order valence-electron chi connectivity index (χ3n) is 3.83. The summed E-state index contributed by atoms with van der Waals surface area (Å²) in [5, 5.41) is 0. The van der Waals surface area contributed by atoms with Gasteiger partial charge in [-0.1, -0.05) is 0 Å². The molecule has 0 amide bonds. The van der Waals surface area contributed by atoms with Gasteiger partial charge in [0.15, 0.2) is 0 Å². The van der Waals surface area contributed by atoms with Crippen molar-refractivity contribution in [2.45, 2.75) is 57.7 Å². The summed E-state index contributed by atoms with van der Waals surface area (Å²) in [4.78, 5) is 14.2. The number of carbonyl (C=O) groups excluding carboxylic acids is 1. The molecule has 112 valence electrons. The normalized spacial score (nSPS) is 25.6. The van der Waals surface area contributed by atoms with Crippen molar-refractivity contribution in [3.8, 4) is 0 Å². The highest BCUT2D eigenvalue weighted by atomic mass is 16.5. The first-order valence-corrected chi connectivity index (χ1v) is 7.13. The molecule has 0 aliphatic carbocycles. The van der Waals surface area contributed by atoms with E-state index in [9.17, 15) is 4.79 Å².